The third-order valence-corrected chi connectivity index (χ3v) is 2.91. The molecule has 58 valence electrons. The van der Waals surface area contributed by atoms with E-state index in [1.165, 1.54) is 11.8 Å². The highest BCUT2D eigenvalue weighted by molar-refractivity contribution is 7.99. The number of rotatable bonds is 0. The molecule has 1 aliphatic rings. The quantitative estimate of drug-likeness (QED) is 0.563. The Morgan fingerprint density at radius 3 is 2.91 bits per heavy atom. The van der Waals surface area contributed by atoms with Crippen molar-refractivity contribution in [2.24, 2.45) is 0 Å². The highest BCUT2D eigenvalue weighted by Crippen LogP contribution is 2.25. The van der Waals surface area contributed by atoms with E-state index in [1.54, 1.807) is 0 Å². The first-order valence-electron chi connectivity index (χ1n) is 3.50. The molecule has 0 aliphatic carbocycles. The van der Waals surface area contributed by atoms with Gasteiger partial charge in [-0.2, -0.15) is 0 Å². The van der Waals surface area contributed by atoms with E-state index in [-0.39, 0.29) is 10.9 Å². The zero-order valence-electron chi connectivity index (χ0n) is 5.85. The Bertz CT molecular complexity index is 317. The van der Waals surface area contributed by atoms with E-state index in [0.29, 0.717) is 10.6 Å². The topological polar surface area (TPSA) is 46.2 Å². The van der Waals surface area contributed by atoms with Crippen LogP contribution in [0.1, 0.15) is 6.42 Å². The van der Waals surface area contributed by atoms with Crippen molar-refractivity contribution in [3.05, 3.63) is 20.4 Å². The fraction of sp³-hybridized carbons (Fsp3) is 0.429. The molecule has 0 unspecified atom stereocenters. The van der Waals surface area contributed by atoms with Crippen molar-refractivity contribution in [3.8, 4) is 0 Å². The van der Waals surface area contributed by atoms with Crippen molar-refractivity contribution in [2.45, 2.75) is 11.3 Å². The van der Waals surface area contributed by atoms with Crippen molar-refractivity contribution in [3.63, 3.8) is 0 Å². The molecule has 0 saturated heterocycles. The van der Waals surface area contributed by atoms with Crippen LogP contribution >= 0.6 is 11.8 Å². The highest BCUT2D eigenvalue weighted by Gasteiger charge is 2.22. The number of nitrogens with one attached hydrogen (secondary N) is 1. The first-order valence-corrected chi connectivity index (χ1v) is 4.49. The number of hydrogen-bond donors (Lipinski definition) is 1. The Morgan fingerprint density at radius 1 is 1.27 bits per heavy atom. The molecule has 0 bridgehead atoms. The molecule has 3 nitrogen and oxygen atoms in total. The lowest BCUT2D eigenvalue weighted by Gasteiger charge is -2.05. The average Bonchev–Trinajstić information content (AvgIpc) is 2.25. The lowest BCUT2D eigenvalue weighted by atomic mass is 10.2. The molecule has 0 spiro atoms. The summed E-state index contributed by atoms with van der Waals surface area (Å²) in [6.45, 7) is 0.810. The van der Waals surface area contributed by atoms with E-state index >= 15 is 0 Å². The molecule has 1 heterocycles. The van der Waals surface area contributed by atoms with Crippen LogP contribution in [0, 0.1) is 0 Å². The van der Waals surface area contributed by atoms with Crippen molar-refractivity contribution in [1.29, 1.82) is 0 Å². The molecular formula is C7H7NO2S. The van der Waals surface area contributed by atoms with Gasteiger partial charge in [-0.25, -0.2) is 0 Å². The summed E-state index contributed by atoms with van der Waals surface area (Å²) in [6.07, 6.45) is 1.01. The molecule has 1 aromatic rings. The summed E-state index contributed by atoms with van der Waals surface area (Å²) in [5, 5.41) is 2.95. The van der Waals surface area contributed by atoms with Crippen LogP contribution in [0.4, 0.5) is 5.69 Å². The maximum absolute atomic E-state index is 10.9. The van der Waals surface area contributed by atoms with Gasteiger partial charge in [0, 0.05) is 6.54 Å². The summed E-state index contributed by atoms with van der Waals surface area (Å²) in [5.41, 5.74) is -0.0914. The molecule has 11 heavy (non-hydrogen) atoms. The van der Waals surface area contributed by atoms with Gasteiger partial charge in [0.25, 0.3) is 5.43 Å². The monoisotopic (exact) mass is 169 g/mol. The second kappa shape index (κ2) is 2.37. The van der Waals surface area contributed by atoms with Crippen LogP contribution in [-0.2, 0) is 0 Å². The standard InChI is InChI=1S/C7H7NO2S/c9-5-4-7(6(5)10)11-3-1-2-8-4/h8H,1-3H2. The maximum Gasteiger partial charge on any atom is 0.251 e. The molecule has 0 saturated carbocycles. The summed E-state index contributed by atoms with van der Waals surface area (Å²) in [5.74, 6) is 0.935. The third-order valence-electron chi connectivity index (χ3n) is 1.74. The summed E-state index contributed by atoms with van der Waals surface area (Å²) >= 11 is 1.49. The lowest BCUT2D eigenvalue weighted by Crippen LogP contribution is -2.35. The fourth-order valence-corrected chi connectivity index (χ4v) is 2.15. The molecule has 1 aromatic carbocycles. The zero-order chi connectivity index (χ0) is 7.84. The molecule has 0 aromatic heterocycles. The molecule has 1 aliphatic heterocycles. The van der Waals surface area contributed by atoms with Crippen molar-refractivity contribution in [1.82, 2.24) is 0 Å². The molecule has 2 rings (SSSR count). The lowest BCUT2D eigenvalue weighted by molar-refractivity contribution is 0.992. The number of fused-ring (bicyclic) bond motifs is 1. The van der Waals surface area contributed by atoms with Gasteiger partial charge in [0.15, 0.2) is 0 Å². The minimum Gasteiger partial charge on any atom is -0.381 e. The Hall–Kier alpha value is -0.770. The van der Waals surface area contributed by atoms with Gasteiger partial charge in [-0.3, -0.25) is 9.59 Å². The number of thioether (sulfide) groups is 1. The first kappa shape index (κ1) is 6.91. The molecule has 0 amide bonds. The Labute approximate surface area is 67.5 Å². The van der Waals surface area contributed by atoms with Gasteiger partial charge in [-0.1, -0.05) is 0 Å². The molecule has 0 fully saturated rings. The Morgan fingerprint density at radius 2 is 2.09 bits per heavy atom. The largest absolute Gasteiger partial charge is 0.381 e. The van der Waals surface area contributed by atoms with Gasteiger partial charge in [0.1, 0.15) is 5.69 Å². The van der Waals surface area contributed by atoms with Gasteiger partial charge >= 0.3 is 0 Å². The van der Waals surface area contributed by atoms with Gasteiger partial charge < -0.3 is 5.32 Å². The summed E-state index contributed by atoms with van der Waals surface area (Å²) in [7, 11) is 0. The summed E-state index contributed by atoms with van der Waals surface area (Å²) < 4.78 is 0. The van der Waals surface area contributed by atoms with Crippen molar-refractivity contribution in [2.75, 3.05) is 17.6 Å². The van der Waals surface area contributed by atoms with Crippen molar-refractivity contribution >= 4 is 17.4 Å². The van der Waals surface area contributed by atoms with Crippen LogP contribution in [0.3, 0.4) is 0 Å². The van der Waals surface area contributed by atoms with Crippen LogP contribution in [0.5, 0.6) is 0 Å². The van der Waals surface area contributed by atoms with Gasteiger partial charge in [-0.15, -0.1) is 11.8 Å². The van der Waals surface area contributed by atoms with Gasteiger partial charge in [0.2, 0.25) is 5.43 Å². The van der Waals surface area contributed by atoms with E-state index in [0.717, 1.165) is 18.7 Å². The second-order valence-corrected chi connectivity index (χ2v) is 3.60. The number of anilines is 1. The minimum atomic E-state index is -0.339. The smallest absolute Gasteiger partial charge is 0.251 e. The Kier molecular flexibility index (Phi) is 1.49. The molecule has 1 N–H and O–H groups in total. The Balaban J connectivity index is 2.45. The SMILES string of the molecule is O=c1c2c(c1=O)SCCCN2. The molecule has 0 atom stereocenters. The minimum absolute atomic E-state index is 0.306. The van der Waals surface area contributed by atoms with E-state index in [4.69, 9.17) is 0 Å². The van der Waals surface area contributed by atoms with Crippen LogP contribution in [-0.4, -0.2) is 12.3 Å². The number of hydrogen-bond acceptors (Lipinski definition) is 4. The zero-order valence-corrected chi connectivity index (χ0v) is 6.66. The normalized spacial score (nSPS) is 17.1. The van der Waals surface area contributed by atoms with Crippen LogP contribution in [0.25, 0.3) is 0 Å². The highest BCUT2D eigenvalue weighted by atomic mass is 32.2. The van der Waals surface area contributed by atoms with E-state index in [2.05, 4.69) is 5.32 Å². The third kappa shape index (κ3) is 0.894. The maximum atomic E-state index is 10.9. The molecule has 0 radical (unpaired) electrons. The summed E-state index contributed by atoms with van der Waals surface area (Å²) in [4.78, 5) is 22.4. The summed E-state index contributed by atoms with van der Waals surface area (Å²) in [6, 6.07) is 0. The van der Waals surface area contributed by atoms with Gasteiger partial charge in [-0.05, 0) is 12.2 Å². The second-order valence-electron chi connectivity index (χ2n) is 2.49. The fourth-order valence-electron chi connectivity index (χ4n) is 1.13. The predicted molar refractivity (Wildman–Crippen MR) is 45.2 cm³/mol. The van der Waals surface area contributed by atoms with Crippen LogP contribution < -0.4 is 16.2 Å². The van der Waals surface area contributed by atoms with E-state index in [1.807, 2.05) is 0 Å². The first-order chi connectivity index (χ1) is 5.30. The predicted octanol–water partition coefficient (Wildman–Crippen LogP) is 0.190. The van der Waals surface area contributed by atoms with E-state index < -0.39 is 0 Å². The van der Waals surface area contributed by atoms with Crippen molar-refractivity contribution < 1.29 is 0 Å². The van der Waals surface area contributed by atoms with Crippen LogP contribution in [0.2, 0.25) is 0 Å². The molecule has 4 heteroatoms. The van der Waals surface area contributed by atoms with E-state index in [9.17, 15) is 9.59 Å². The van der Waals surface area contributed by atoms with Crippen LogP contribution in [0.15, 0.2) is 14.5 Å². The average molecular weight is 169 g/mol. The molecular weight excluding hydrogens is 162 g/mol. The van der Waals surface area contributed by atoms with Gasteiger partial charge in [0.05, 0.1) is 4.90 Å².